The number of benzene rings is 1. The van der Waals surface area contributed by atoms with Crippen LogP contribution in [0.4, 0.5) is 0 Å². The molecule has 0 aliphatic carbocycles. The molecule has 1 aromatic rings. The van der Waals surface area contributed by atoms with E-state index in [4.69, 9.17) is 0 Å². The standard InChI is InChI=1S/C18H31N3/c1-4-11-21-12-9-18(10-13-21)19-14-16-7-5-6-8-17(16)15-20(2)3/h5-8,18-19H,4,9-15H2,1-3H3. The number of hydrogen-bond donors (Lipinski definition) is 1. The van der Waals surface area contributed by atoms with Crippen molar-refractivity contribution in [3.05, 3.63) is 35.4 Å². The number of likely N-dealkylation sites (tertiary alicyclic amines) is 1. The molecule has 0 bridgehead atoms. The minimum Gasteiger partial charge on any atom is -0.310 e. The van der Waals surface area contributed by atoms with Gasteiger partial charge in [-0.15, -0.1) is 0 Å². The van der Waals surface area contributed by atoms with Crippen molar-refractivity contribution in [3.8, 4) is 0 Å². The molecular weight excluding hydrogens is 258 g/mol. The van der Waals surface area contributed by atoms with Crippen LogP contribution < -0.4 is 5.32 Å². The lowest BCUT2D eigenvalue weighted by atomic mass is 10.0. The van der Waals surface area contributed by atoms with Gasteiger partial charge in [0.2, 0.25) is 0 Å². The lowest BCUT2D eigenvalue weighted by molar-refractivity contribution is 0.197. The van der Waals surface area contributed by atoms with E-state index in [0.717, 1.165) is 13.1 Å². The highest BCUT2D eigenvalue weighted by molar-refractivity contribution is 5.27. The predicted molar refractivity (Wildman–Crippen MR) is 90.4 cm³/mol. The van der Waals surface area contributed by atoms with E-state index in [2.05, 4.69) is 60.4 Å². The van der Waals surface area contributed by atoms with Crippen molar-refractivity contribution in [2.45, 2.75) is 45.3 Å². The van der Waals surface area contributed by atoms with Crippen LogP contribution in [-0.2, 0) is 13.1 Å². The van der Waals surface area contributed by atoms with Gasteiger partial charge in [0.1, 0.15) is 0 Å². The van der Waals surface area contributed by atoms with Crippen LogP contribution in [0.15, 0.2) is 24.3 Å². The van der Waals surface area contributed by atoms with E-state index in [-0.39, 0.29) is 0 Å². The Hall–Kier alpha value is -0.900. The Morgan fingerprint density at radius 3 is 2.43 bits per heavy atom. The fourth-order valence-electron chi connectivity index (χ4n) is 3.16. The molecule has 3 nitrogen and oxygen atoms in total. The van der Waals surface area contributed by atoms with Crippen LogP contribution in [0.2, 0.25) is 0 Å². The first-order valence-electron chi connectivity index (χ1n) is 8.36. The molecule has 1 aliphatic rings. The molecule has 0 spiro atoms. The maximum absolute atomic E-state index is 3.77. The highest BCUT2D eigenvalue weighted by Gasteiger charge is 2.18. The van der Waals surface area contributed by atoms with Gasteiger partial charge in [0, 0.05) is 19.1 Å². The van der Waals surface area contributed by atoms with Crippen molar-refractivity contribution >= 4 is 0 Å². The van der Waals surface area contributed by atoms with Gasteiger partial charge in [-0.2, -0.15) is 0 Å². The average Bonchev–Trinajstić information content (AvgIpc) is 2.48. The number of piperidine rings is 1. The van der Waals surface area contributed by atoms with Gasteiger partial charge in [0.05, 0.1) is 0 Å². The predicted octanol–water partition coefficient (Wildman–Crippen LogP) is 2.71. The molecule has 0 amide bonds. The Morgan fingerprint density at radius 1 is 1.14 bits per heavy atom. The third kappa shape index (κ3) is 5.42. The van der Waals surface area contributed by atoms with Crippen LogP contribution in [0.3, 0.4) is 0 Å². The third-order valence-corrected chi connectivity index (χ3v) is 4.31. The van der Waals surface area contributed by atoms with E-state index in [1.807, 2.05) is 0 Å². The molecule has 2 rings (SSSR count). The summed E-state index contributed by atoms with van der Waals surface area (Å²) < 4.78 is 0. The normalized spacial score (nSPS) is 17.5. The third-order valence-electron chi connectivity index (χ3n) is 4.31. The highest BCUT2D eigenvalue weighted by Crippen LogP contribution is 2.14. The van der Waals surface area contributed by atoms with E-state index >= 15 is 0 Å². The molecule has 1 aliphatic heterocycles. The van der Waals surface area contributed by atoms with Crippen LogP contribution in [-0.4, -0.2) is 49.6 Å². The molecule has 1 N–H and O–H groups in total. The lowest BCUT2D eigenvalue weighted by Crippen LogP contribution is -2.42. The molecular formula is C18H31N3. The Kier molecular flexibility index (Phi) is 6.68. The van der Waals surface area contributed by atoms with E-state index in [0.29, 0.717) is 6.04 Å². The zero-order chi connectivity index (χ0) is 15.1. The van der Waals surface area contributed by atoms with E-state index in [1.165, 1.54) is 50.0 Å². The van der Waals surface area contributed by atoms with Crippen molar-refractivity contribution in [2.24, 2.45) is 0 Å². The van der Waals surface area contributed by atoms with Crippen molar-refractivity contribution in [1.82, 2.24) is 15.1 Å². The number of nitrogens with one attached hydrogen (secondary N) is 1. The van der Waals surface area contributed by atoms with Gasteiger partial charge >= 0.3 is 0 Å². The zero-order valence-electron chi connectivity index (χ0n) is 13.9. The molecule has 1 aromatic carbocycles. The largest absolute Gasteiger partial charge is 0.310 e. The molecule has 0 aromatic heterocycles. The van der Waals surface area contributed by atoms with Crippen molar-refractivity contribution in [3.63, 3.8) is 0 Å². The molecule has 1 heterocycles. The van der Waals surface area contributed by atoms with Crippen molar-refractivity contribution in [1.29, 1.82) is 0 Å². The summed E-state index contributed by atoms with van der Waals surface area (Å²) in [5.41, 5.74) is 2.89. The van der Waals surface area contributed by atoms with Crippen LogP contribution in [0.1, 0.15) is 37.3 Å². The van der Waals surface area contributed by atoms with E-state index in [9.17, 15) is 0 Å². The van der Waals surface area contributed by atoms with Crippen LogP contribution in [0, 0.1) is 0 Å². The Morgan fingerprint density at radius 2 is 1.81 bits per heavy atom. The summed E-state index contributed by atoms with van der Waals surface area (Å²) in [5.74, 6) is 0. The topological polar surface area (TPSA) is 18.5 Å². The highest BCUT2D eigenvalue weighted by atomic mass is 15.1. The zero-order valence-corrected chi connectivity index (χ0v) is 13.9. The van der Waals surface area contributed by atoms with E-state index < -0.39 is 0 Å². The summed E-state index contributed by atoms with van der Waals surface area (Å²) in [6.07, 6.45) is 3.85. The summed E-state index contributed by atoms with van der Waals surface area (Å²) in [4.78, 5) is 4.83. The second-order valence-corrected chi connectivity index (χ2v) is 6.50. The molecule has 1 fully saturated rings. The van der Waals surface area contributed by atoms with Gasteiger partial charge in [-0.1, -0.05) is 31.2 Å². The van der Waals surface area contributed by atoms with Gasteiger partial charge in [0.25, 0.3) is 0 Å². The van der Waals surface area contributed by atoms with Gasteiger partial charge in [-0.05, 0) is 64.1 Å². The molecule has 0 atom stereocenters. The van der Waals surface area contributed by atoms with E-state index in [1.54, 1.807) is 0 Å². The first-order valence-corrected chi connectivity index (χ1v) is 8.36. The monoisotopic (exact) mass is 289 g/mol. The first-order chi connectivity index (χ1) is 10.2. The second kappa shape index (κ2) is 8.52. The van der Waals surface area contributed by atoms with Crippen molar-refractivity contribution < 1.29 is 0 Å². The molecule has 0 saturated carbocycles. The molecule has 3 heteroatoms. The molecule has 1 saturated heterocycles. The van der Waals surface area contributed by atoms with Crippen molar-refractivity contribution in [2.75, 3.05) is 33.7 Å². The fraction of sp³-hybridized carbons (Fsp3) is 0.667. The Bertz CT molecular complexity index is 409. The molecule has 0 radical (unpaired) electrons. The molecule has 0 unspecified atom stereocenters. The van der Waals surface area contributed by atoms with Crippen LogP contribution in [0.25, 0.3) is 0 Å². The summed E-state index contributed by atoms with van der Waals surface area (Å²) in [6, 6.07) is 9.50. The average molecular weight is 289 g/mol. The van der Waals surface area contributed by atoms with Gasteiger partial charge < -0.3 is 15.1 Å². The number of nitrogens with zero attached hydrogens (tertiary/aromatic N) is 2. The van der Waals surface area contributed by atoms with Crippen LogP contribution >= 0.6 is 0 Å². The van der Waals surface area contributed by atoms with Crippen LogP contribution in [0.5, 0.6) is 0 Å². The smallest absolute Gasteiger partial charge is 0.0230 e. The Balaban J connectivity index is 1.81. The number of hydrogen-bond acceptors (Lipinski definition) is 3. The minimum atomic E-state index is 0.686. The lowest BCUT2D eigenvalue weighted by Gasteiger charge is -2.32. The molecule has 21 heavy (non-hydrogen) atoms. The quantitative estimate of drug-likeness (QED) is 0.832. The first kappa shape index (κ1) is 16.5. The van der Waals surface area contributed by atoms with Gasteiger partial charge in [-0.25, -0.2) is 0 Å². The summed E-state index contributed by atoms with van der Waals surface area (Å²) in [5, 5.41) is 3.77. The molecule has 118 valence electrons. The van der Waals surface area contributed by atoms with Gasteiger partial charge in [-0.3, -0.25) is 0 Å². The SMILES string of the molecule is CCCN1CCC(NCc2ccccc2CN(C)C)CC1. The maximum Gasteiger partial charge on any atom is 0.0230 e. The summed E-state index contributed by atoms with van der Waals surface area (Å²) in [7, 11) is 4.27. The summed E-state index contributed by atoms with van der Waals surface area (Å²) >= 11 is 0. The fourth-order valence-corrected chi connectivity index (χ4v) is 3.16. The summed E-state index contributed by atoms with van der Waals surface area (Å²) in [6.45, 7) is 8.06. The second-order valence-electron chi connectivity index (χ2n) is 6.50. The van der Waals surface area contributed by atoms with Gasteiger partial charge in [0.15, 0.2) is 0 Å². The maximum atomic E-state index is 3.77. The Labute approximate surface area is 130 Å². The minimum absolute atomic E-state index is 0.686. The number of rotatable bonds is 7.